The Morgan fingerprint density at radius 2 is 2.08 bits per heavy atom. The second-order valence-electron chi connectivity index (χ2n) is 6.17. The quantitative estimate of drug-likeness (QED) is 0.788. The first-order chi connectivity index (χ1) is 11.6. The third-order valence-electron chi connectivity index (χ3n) is 4.46. The Bertz CT molecular complexity index is 1000. The highest BCUT2D eigenvalue weighted by molar-refractivity contribution is 5.91. The van der Waals surface area contributed by atoms with Gasteiger partial charge in [-0.2, -0.15) is 0 Å². The van der Waals surface area contributed by atoms with Crippen molar-refractivity contribution in [2.45, 2.75) is 24.8 Å². The topological polar surface area (TPSA) is 90.0 Å². The van der Waals surface area contributed by atoms with Crippen LogP contribution in [0.25, 0.3) is 10.8 Å². The molecular formula is C17H16N4O3. The Morgan fingerprint density at radius 1 is 1.29 bits per heavy atom. The Labute approximate surface area is 137 Å². The van der Waals surface area contributed by atoms with Crippen molar-refractivity contribution in [3.8, 4) is 0 Å². The molecule has 1 aliphatic carbocycles. The molecule has 0 spiro atoms. The molecule has 7 nitrogen and oxygen atoms in total. The SMILES string of the molecule is Cn1ccc2c(C(C(=O)O)c3cn(C4CC4)nn3)cccc2c1=O. The van der Waals surface area contributed by atoms with Crippen LogP contribution in [0.1, 0.15) is 36.1 Å². The van der Waals surface area contributed by atoms with E-state index in [1.165, 1.54) is 4.57 Å². The molecule has 0 radical (unpaired) electrons. The summed E-state index contributed by atoms with van der Waals surface area (Å²) in [5.41, 5.74) is 0.795. The van der Waals surface area contributed by atoms with Crippen molar-refractivity contribution in [3.05, 3.63) is 58.3 Å². The molecule has 1 aliphatic rings. The molecule has 0 bridgehead atoms. The lowest BCUT2D eigenvalue weighted by Crippen LogP contribution is -2.18. The van der Waals surface area contributed by atoms with E-state index in [2.05, 4.69) is 10.3 Å². The van der Waals surface area contributed by atoms with E-state index in [-0.39, 0.29) is 5.56 Å². The van der Waals surface area contributed by atoms with Gasteiger partial charge in [0, 0.05) is 24.8 Å². The molecule has 3 aromatic rings. The third-order valence-corrected chi connectivity index (χ3v) is 4.46. The lowest BCUT2D eigenvalue weighted by molar-refractivity contribution is -0.137. The first-order valence-corrected chi connectivity index (χ1v) is 7.79. The molecule has 1 unspecified atom stereocenters. The molecule has 4 rings (SSSR count). The fourth-order valence-corrected chi connectivity index (χ4v) is 3.01. The zero-order chi connectivity index (χ0) is 16.8. The third kappa shape index (κ3) is 2.29. The average Bonchev–Trinajstić information content (AvgIpc) is 3.30. The first-order valence-electron chi connectivity index (χ1n) is 7.79. The predicted octanol–water partition coefficient (Wildman–Crippen LogP) is 1.68. The maximum absolute atomic E-state index is 12.3. The number of aryl methyl sites for hydroxylation is 1. The summed E-state index contributed by atoms with van der Waals surface area (Å²) in [6.45, 7) is 0. The van der Waals surface area contributed by atoms with E-state index in [9.17, 15) is 14.7 Å². The molecule has 7 heteroatoms. The van der Waals surface area contributed by atoms with Crippen LogP contribution in [0.3, 0.4) is 0 Å². The van der Waals surface area contributed by atoms with Crippen molar-refractivity contribution >= 4 is 16.7 Å². The van der Waals surface area contributed by atoms with Crippen LogP contribution in [0, 0.1) is 0 Å². The minimum atomic E-state index is -1.01. The monoisotopic (exact) mass is 324 g/mol. The van der Waals surface area contributed by atoms with Gasteiger partial charge in [0.25, 0.3) is 5.56 Å². The van der Waals surface area contributed by atoms with Crippen molar-refractivity contribution < 1.29 is 9.90 Å². The second-order valence-corrected chi connectivity index (χ2v) is 6.17. The summed E-state index contributed by atoms with van der Waals surface area (Å²) in [4.78, 5) is 24.2. The van der Waals surface area contributed by atoms with E-state index in [0.29, 0.717) is 28.1 Å². The van der Waals surface area contributed by atoms with Gasteiger partial charge in [-0.3, -0.25) is 9.59 Å². The molecule has 2 aromatic heterocycles. The highest BCUT2D eigenvalue weighted by atomic mass is 16.4. The van der Waals surface area contributed by atoms with Gasteiger partial charge in [0.1, 0.15) is 11.6 Å². The van der Waals surface area contributed by atoms with E-state index in [4.69, 9.17) is 0 Å². The van der Waals surface area contributed by atoms with Crippen LogP contribution >= 0.6 is 0 Å². The molecule has 24 heavy (non-hydrogen) atoms. The van der Waals surface area contributed by atoms with Crippen LogP contribution in [0.5, 0.6) is 0 Å². The second kappa shape index (κ2) is 5.30. The predicted molar refractivity (Wildman–Crippen MR) is 87.0 cm³/mol. The Morgan fingerprint density at radius 3 is 2.79 bits per heavy atom. The summed E-state index contributed by atoms with van der Waals surface area (Å²) < 4.78 is 3.21. The van der Waals surface area contributed by atoms with Crippen molar-refractivity contribution in [1.29, 1.82) is 0 Å². The molecule has 0 amide bonds. The minimum absolute atomic E-state index is 0.153. The van der Waals surface area contributed by atoms with Crippen molar-refractivity contribution in [3.63, 3.8) is 0 Å². The number of aliphatic carboxylic acids is 1. The van der Waals surface area contributed by atoms with Gasteiger partial charge < -0.3 is 9.67 Å². The van der Waals surface area contributed by atoms with E-state index >= 15 is 0 Å². The van der Waals surface area contributed by atoms with Gasteiger partial charge >= 0.3 is 5.97 Å². The van der Waals surface area contributed by atoms with Crippen LogP contribution in [0.2, 0.25) is 0 Å². The zero-order valence-electron chi connectivity index (χ0n) is 13.1. The number of carbonyl (C=O) groups is 1. The number of pyridine rings is 1. The molecule has 1 saturated carbocycles. The van der Waals surface area contributed by atoms with Gasteiger partial charge in [-0.25, -0.2) is 4.68 Å². The average molecular weight is 324 g/mol. The molecule has 122 valence electrons. The molecule has 1 atom stereocenters. The zero-order valence-corrected chi connectivity index (χ0v) is 13.1. The molecular weight excluding hydrogens is 308 g/mol. The maximum atomic E-state index is 12.3. The molecule has 1 N–H and O–H groups in total. The number of aromatic nitrogens is 4. The standard InChI is InChI=1S/C17H16N4O3/c1-20-8-7-11-12(3-2-4-13(11)16(20)22)15(17(23)24)14-9-21(19-18-14)10-5-6-10/h2-4,7-10,15H,5-6H2,1H3,(H,23,24). The summed E-state index contributed by atoms with van der Waals surface area (Å²) in [5, 5.41) is 19.0. The fourth-order valence-electron chi connectivity index (χ4n) is 3.01. The van der Waals surface area contributed by atoms with E-state index in [1.54, 1.807) is 48.4 Å². The van der Waals surface area contributed by atoms with Gasteiger partial charge in [0.15, 0.2) is 0 Å². The maximum Gasteiger partial charge on any atom is 0.317 e. The van der Waals surface area contributed by atoms with Crippen LogP contribution < -0.4 is 5.56 Å². The molecule has 1 aromatic carbocycles. The number of carboxylic acids is 1. The van der Waals surface area contributed by atoms with Gasteiger partial charge in [-0.05, 0) is 35.9 Å². The summed E-state index contributed by atoms with van der Waals surface area (Å²) in [6, 6.07) is 7.26. The van der Waals surface area contributed by atoms with Crippen molar-refractivity contribution in [1.82, 2.24) is 19.6 Å². The first kappa shape index (κ1) is 14.6. The number of benzene rings is 1. The molecule has 1 fully saturated rings. The molecule has 2 heterocycles. The summed E-state index contributed by atoms with van der Waals surface area (Å²) in [7, 11) is 1.67. The highest BCUT2D eigenvalue weighted by Crippen LogP contribution is 2.35. The van der Waals surface area contributed by atoms with Crippen molar-refractivity contribution in [2.24, 2.45) is 7.05 Å². The Hall–Kier alpha value is -2.96. The van der Waals surface area contributed by atoms with E-state index < -0.39 is 11.9 Å². The van der Waals surface area contributed by atoms with Crippen LogP contribution in [0.15, 0.2) is 41.5 Å². The minimum Gasteiger partial charge on any atom is -0.480 e. The van der Waals surface area contributed by atoms with Gasteiger partial charge in [0.2, 0.25) is 0 Å². The van der Waals surface area contributed by atoms with Gasteiger partial charge in [-0.15, -0.1) is 5.10 Å². The largest absolute Gasteiger partial charge is 0.480 e. The lowest BCUT2D eigenvalue weighted by atomic mass is 9.92. The number of hydrogen-bond acceptors (Lipinski definition) is 4. The number of fused-ring (bicyclic) bond motifs is 1. The lowest BCUT2D eigenvalue weighted by Gasteiger charge is -2.13. The molecule has 0 saturated heterocycles. The Balaban J connectivity index is 1.90. The normalized spacial score (nSPS) is 15.5. The smallest absolute Gasteiger partial charge is 0.317 e. The van der Waals surface area contributed by atoms with Gasteiger partial charge in [0.05, 0.1) is 6.04 Å². The van der Waals surface area contributed by atoms with Gasteiger partial charge in [-0.1, -0.05) is 17.3 Å². The highest BCUT2D eigenvalue weighted by Gasteiger charge is 2.30. The fraction of sp³-hybridized carbons (Fsp3) is 0.294. The Kier molecular flexibility index (Phi) is 3.23. The van der Waals surface area contributed by atoms with Crippen LogP contribution in [0.4, 0.5) is 0 Å². The van der Waals surface area contributed by atoms with Crippen molar-refractivity contribution in [2.75, 3.05) is 0 Å². The molecule has 0 aliphatic heterocycles. The van der Waals surface area contributed by atoms with Crippen LogP contribution in [-0.4, -0.2) is 30.6 Å². The number of nitrogens with zero attached hydrogens (tertiary/aromatic N) is 4. The van der Waals surface area contributed by atoms with E-state index in [1.807, 2.05) is 0 Å². The summed E-state index contributed by atoms with van der Waals surface area (Å²) in [5.74, 6) is -1.96. The summed E-state index contributed by atoms with van der Waals surface area (Å²) in [6.07, 6.45) is 5.44. The van der Waals surface area contributed by atoms with E-state index in [0.717, 1.165) is 12.8 Å². The number of carboxylic acid groups (broad SMARTS) is 1. The van der Waals surface area contributed by atoms with Crippen LogP contribution in [-0.2, 0) is 11.8 Å². The summed E-state index contributed by atoms with van der Waals surface area (Å²) >= 11 is 0. The number of hydrogen-bond donors (Lipinski definition) is 1. The number of rotatable bonds is 4.